The molecule has 0 aromatic heterocycles. The van der Waals surface area contributed by atoms with Crippen LogP contribution < -0.4 is 0 Å². The van der Waals surface area contributed by atoms with Crippen LogP contribution >= 0.6 is 0 Å². The summed E-state index contributed by atoms with van der Waals surface area (Å²) in [5.74, 6) is -5.02. The Labute approximate surface area is 93.9 Å². The second kappa shape index (κ2) is 5.76. The van der Waals surface area contributed by atoms with E-state index in [1.165, 1.54) is 0 Å². The Balaban J connectivity index is 0. The summed E-state index contributed by atoms with van der Waals surface area (Å²) in [7, 11) is 0. The van der Waals surface area contributed by atoms with Gasteiger partial charge in [0, 0.05) is 22.4 Å². The third-order valence-electron chi connectivity index (χ3n) is 1.29. The molecule has 0 aromatic carbocycles. The van der Waals surface area contributed by atoms with Crippen LogP contribution in [0.3, 0.4) is 0 Å². The largest absolute Gasteiger partial charge is 0.481 e. The molecule has 7 nitrogen and oxygen atoms in total. The second-order valence-corrected chi connectivity index (χ2v) is 2.48. The quantitative estimate of drug-likeness (QED) is 0.474. The van der Waals surface area contributed by atoms with Gasteiger partial charge in [0.1, 0.15) is 0 Å². The molecule has 1 radical (unpaired) electrons. The summed E-state index contributed by atoms with van der Waals surface area (Å²) in [5, 5.41) is 33.8. The van der Waals surface area contributed by atoms with Crippen molar-refractivity contribution < 1.29 is 57.2 Å². The van der Waals surface area contributed by atoms with Gasteiger partial charge in [0.05, 0.1) is 12.8 Å². The van der Waals surface area contributed by atoms with E-state index in [-0.39, 0.29) is 22.4 Å². The van der Waals surface area contributed by atoms with Gasteiger partial charge >= 0.3 is 17.9 Å². The minimum Gasteiger partial charge on any atom is -0.481 e. The molecule has 14 heavy (non-hydrogen) atoms. The average molecular weight is 373 g/mol. The van der Waals surface area contributed by atoms with E-state index in [2.05, 4.69) is 0 Å². The number of rotatable bonds is 5. The normalized spacial score (nSPS) is 10.1. The zero-order chi connectivity index (χ0) is 10.6. The van der Waals surface area contributed by atoms with Crippen molar-refractivity contribution in [2.24, 2.45) is 0 Å². The molecule has 0 aliphatic carbocycles. The van der Waals surface area contributed by atoms with Crippen molar-refractivity contribution in [1.29, 1.82) is 0 Å². The van der Waals surface area contributed by atoms with Crippen molar-refractivity contribution in [3.63, 3.8) is 0 Å². The van der Waals surface area contributed by atoms with Gasteiger partial charge in [-0.25, -0.2) is 4.79 Å². The summed E-state index contributed by atoms with van der Waals surface area (Å²) >= 11 is 0. The molecule has 8 heteroatoms. The molecule has 0 amide bonds. The summed E-state index contributed by atoms with van der Waals surface area (Å²) in [6.45, 7) is 0. The number of hydrogen-bond donors (Lipinski definition) is 4. The van der Waals surface area contributed by atoms with Crippen molar-refractivity contribution in [3.05, 3.63) is 0 Å². The molecule has 0 atom stereocenters. The van der Waals surface area contributed by atoms with Crippen molar-refractivity contribution in [2.45, 2.75) is 18.4 Å². The van der Waals surface area contributed by atoms with E-state index < -0.39 is 36.4 Å². The number of aliphatic hydroxyl groups is 1. The van der Waals surface area contributed by atoms with Crippen LogP contribution in [-0.4, -0.2) is 43.9 Å². The molecular weight excluding hydrogens is 365 g/mol. The second-order valence-electron chi connectivity index (χ2n) is 2.48. The van der Waals surface area contributed by atoms with Gasteiger partial charge in [-0.05, 0) is 0 Å². The third-order valence-corrected chi connectivity index (χ3v) is 1.29. The van der Waals surface area contributed by atoms with E-state index in [4.69, 9.17) is 20.4 Å². The fourth-order valence-corrected chi connectivity index (χ4v) is 0.714. The number of hydrogen-bond acceptors (Lipinski definition) is 4. The van der Waals surface area contributed by atoms with Crippen LogP contribution in [0.4, 0.5) is 0 Å². The monoisotopic (exact) mass is 373 g/mol. The van der Waals surface area contributed by atoms with Gasteiger partial charge < -0.3 is 20.4 Å². The summed E-state index contributed by atoms with van der Waals surface area (Å²) in [6.07, 6.45) is -2.29. The van der Waals surface area contributed by atoms with Crippen LogP contribution in [-0.2, 0) is 36.8 Å². The maximum absolute atomic E-state index is 10.3. The van der Waals surface area contributed by atoms with Crippen LogP contribution in [0.25, 0.3) is 0 Å². The Kier molecular flexibility index (Phi) is 6.41. The fraction of sp³-hybridized carbons (Fsp3) is 0.500. The third kappa shape index (κ3) is 4.97. The van der Waals surface area contributed by atoms with Crippen LogP contribution in [0, 0.1) is 0 Å². The van der Waals surface area contributed by atoms with Crippen molar-refractivity contribution in [3.8, 4) is 0 Å². The van der Waals surface area contributed by atoms with Gasteiger partial charge in [0.25, 0.3) is 0 Å². The molecule has 0 rings (SSSR count). The zero-order valence-corrected chi connectivity index (χ0v) is 10.1. The summed E-state index contributed by atoms with van der Waals surface area (Å²) in [4.78, 5) is 30.5. The topological polar surface area (TPSA) is 132 Å². The molecule has 0 aromatic rings. The van der Waals surface area contributed by atoms with E-state index in [0.29, 0.717) is 0 Å². The Morgan fingerprint density at radius 3 is 1.36 bits per heavy atom. The van der Waals surface area contributed by atoms with Crippen LogP contribution in [0.1, 0.15) is 12.8 Å². The number of carbonyl (C=O) groups is 3. The first-order valence-corrected chi connectivity index (χ1v) is 3.17. The van der Waals surface area contributed by atoms with E-state index in [9.17, 15) is 14.4 Å². The Morgan fingerprint density at radius 1 is 0.929 bits per heavy atom. The maximum atomic E-state index is 10.3. The molecular formula is C6H8O7Ta. The molecule has 0 saturated carbocycles. The average Bonchev–Trinajstić information content (AvgIpc) is 1.82. The standard InChI is InChI=1S/C6H8O7.Ta/c7-3(8)1-6(13,5(11)12)2-4(9)10;/h13H,1-2H2,(H,7,8)(H,9,10)(H,11,12);. The van der Waals surface area contributed by atoms with E-state index in [1.807, 2.05) is 0 Å². The van der Waals surface area contributed by atoms with Gasteiger partial charge in [0.2, 0.25) is 0 Å². The molecule has 0 bridgehead atoms. The van der Waals surface area contributed by atoms with Crippen LogP contribution in [0.2, 0.25) is 0 Å². The summed E-state index contributed by atoms with van der Waals surface area (Å²) in [6, 6.07) is 0. The minimum atomic E-state index is -2.74. The number of carboxylic acids is 3. The molecule has 0 fully saturated rings. The van der Waals surface area contributed by atoms with Crippen molar-refractivity contribution >= 4 is 17.9 Å². The van der Waals surface area contributed by atoms with Gasteiger partial charge in [0.15, 0.2) is 5.60 Å². The number of aliphatic carboxylic acids is 3. The van der Waals surface area contributed by atoms with Crippen LogP contribution in [0.5, 0.6) is 0 Å². The predicted molar refractivity (Wildman–Crippen MR) is 37.1 cm³/mol. The smallest absolute Gasteiger partial charge is 0.336 e. The minimum absolute atomic E-state index is 0. The molecule has 0 aliphatic rings. The Bertz CT molecular complexity index is 233. The first-order valence-electron chi connectivity index (χ1n) is 3.17. The predicted octanol–water partition coefficient (Wildman–Crippen LogP) is -1.25. The fourth-order valence-electron chi connectivity index (χ4n) is 0.714. The Hall–Kier alpha value is -0.890. The SMILES string of the molecule is O=C(O)CC(O)(CC(=O)O)C(=O)O.[Ta]. The van der Waals surface area contributed by atoms with Crippen LogP contribution in [0.15, 0.2) is 0 Å². The van der Waals surface area contributed by atoms with E-state index in [0.717, 1.165) is 0 Å². The molecule has 0 heterocycles. The molecule has 0 unspecified atom stereocenters. The Morgan fingerprint density at radius 2 is 1.21 bits per heavy atom. The van der Waals surface area contributed by atoms with Gasteiger partial charge in [-0.2, -0.15) is 0 Å². The van der Waals surface area contributed by atoms with Crippen molar-refractivity contribution in [2.75, 3.05) is 0 Å². The molecule has 0 aliphatic heterocycles. The van der Waals surface area contributed by atoms with Gasteiger partial charge in [-0.3, -0.25) is 9.59 Å². The van der Waals surface area contributed by atoms with Crippen molar-refractivity contribution in [1.82, 2.24) is 0 Å². The number of carboxylic acid groups (broad SMARTS) is 3. The first-order chi connectivity index (χ1) is 5.78. The van der Waals surface area contributed by atoms with Gasteiger partial charge in [-0.1, -0.05) is 0 Å². The maximum Gasteiger partial charge on any atom is 0.336 e. The zero-order valence-electron chi connectivity index (χ0n) is 6.88. The molecule has 0 saturated heterocycles. The summed E-state index contributed by atoms with van der Waals surface area (Å²) < 4.78 is 0. The molecule has 4 N–H and O–H groups in total. The molecule has 0 spiro atoms. The van der Waals surface area contributed by atoms with Gasteiger partial charge in [-0.15, -0.1) is 0 Å². The molecule has 79 valence electrons. The summed E-state index contributed by atoms with van der Waals surface area (Å²) in [5.41, 5.74) is -2.74. The first kappa shape index (κ1) is 15.6. The van der Waals surface area contributed by atoms with E-state index >= 15 is 0 Å². The van der Waals surface area contributed by atoms with E-state index in [1.54, 1.807) is 0 Å².